The highest BCUT2D eigenvalue weighted by molar-refractivity contribution is 7.92. The van der Waals surface area contributed by atoms with Crippen LogP contribution in [0, 0.1) is 0 Å². The van der Waals surface area contributed by atoms with Crippen molar-refractivity contribution >= 4 is 9.84 Å². The lowest BCUT2D eigenvalue weighted by Crippen LogP contribution is -2.16. The van der Waals surface area contributed by atoms with Crippen molar-refractivity contribution in [2.75, 3.05) is 14.2 Å². The number of sulfone groups is 1. The van der Waals surface area contributed by atoms with Crippen molar-refractivity contribution in [3.05, 3.63) is 90.0 Å². The van der Waals surface area contributed by atoms with Crippen LogP contribution < -0.4 is 9.47 Å². The summed E-state index contributed by atoms with van der Waals surface area (Å²) in [6.45, 7) is 0. The molecule has 134 valence electrons. The molecule has 1 atom stereocenters. The highest BCUT2D eigenvalue weighted by Crippen LogP contribution is 2.40. The zero-order valence-electron chi connectivity index (χ0n) is 14.6. The minimum absolute atomic E-state index is 0.270. The van der Waals surface area contributed by atoms with E-state index in [0.29, 0.717) is 22.6 Å². The molecule has 0 N–H and O–H groups in total. The summed E-state index contributed by atoms with van der Waals surface area (Å²) in [5.41, 5.74) is 1.25. The van der Waals surface area contributed by atoms with Gasteiger partial charge in [0.25, 0.3) is 0 Å². The Labute approximate surface area is 153 Å². The van der Waals surface area contributed by atoms with E-state index in [0.717, 1.165) is 0 Å². The Balaban J connectivity index is 2.24. The number of methoxy groups -OCH3 is 2. The zero-order valence-corrected chi connectivity index (χ0v) is 15.4. The molecule has 0 aliphatic heterocycles. The Kier molecular flexibility index (Phi) is 5.28. The quantitative estimate of drug-likeness (QED) is 0.652. The van der Waals surface area contributed by atoms with E-state index in [2.05, 4.69) is 0 Å². The fraction of sp³-hybridized carbons (Fsp3) is 0.143. The van der Waals surface area contributed by atoms with Gasteiger partial charge >= 0.3 is 0 Å². The molecular weight excluding hydrogens is 348 g/mol. The molecule has 0 spiro atoms. The molecule has 26 heavy (non-hydrogen) atoms. The first-order valence-corrected chi connectivity index (χ1v) is 9.68. The van der Waals surface area contributed by atoms with Crippen LogP contribution >= 0.6 is 0 Å². The molecule has 3 aromatic rings. The second-order valence-corrected chi connectivity index (χ2v) is 7.79. The van der Waals surface area contributed by atoms with E-state index < -0.39 is 15.1 Å². The predicted molar refractivity (Wildman–Crippen MR) is 101 cm³/mol. The molecule has 0 aliphatic carbocycles. The SMILES string of the molecule is COc1ccc(C(c2ccccc2)S(=O)(=O)c2ccccc2)c(OC)c1. The first-order valence-electron chi connectivity index (χ1n) is 8.13. The van der Waals surface area contributed by atoms with E-state index >= 15 is 0 Å². The van der Waals surface area contributed by atoms with Gasteiger partial charge in [-0.05, 0) is 29.8 Å². The number of ether oxygens (including phenoxy) is 2. The lowest BCUT2D eigenvalue weighted by Gasteiger charge is -2.21. The molecule has 0 fully saturated rings. The van der Waals surface area contributed by atoms with Gasteiger partial charge in [0.2, 0.25) is 0 Å². The normalized spacial score (nSPS) is 12.4. The van der Waals surface area contributed by atoms with Crippen LogP contribution in [-0.4, -0.2) is 22.6 Å². The number of hydrogen-bond donors (Lipinski definition) is 0. The Morgan fingerprint density at radius 2 is 1.38 bits per heavy atom. The summed E-state index contributed by atoms with van der Waals surface area (Å²) in [6.07, 6.45) is 0. The van der Waals surface area contributed by atoms with E-state index in [-0.39, 0.29) is 4.90 Å². The predicted octanol–water partition coefficient (Wildman–Crippen LogP) is 4.27. The van der Waals surface area contributed by atoms with E-state index in [1.807, 2.05) is 30.3 Å². The summed E-state index contributed by atoms with van der Waals surface area (Å²) in [7, 11) is -0.598. The number of rotatable bonds is 6. The van der Waals surface area contributed by atoms with Crippen LogP contribution in [0.1, 0.15) is 16.4 Å². The lowest BCUT2D eigenvalue weighted by atomic mass is 10.0. The molecule has 0 aromatic heterocycles. The molecule has 3 rings (SSSR count). The average molecular weight is 368 g/mol. The first-order chi connectivity index (χ1) is 12.6. The van der Waals surface area contributed by atoms with E-state index in [4.69, 9.17) is 9.47 Å². The fourth-order valence-electron chi connectivity index (χ4n) is 2.93. The standard InChI is InChI=1S/C21H20O4S/c1-24-17-13-14-19(20(15-17)25-2)21(16-9-5-3-6-10-16)26(22,23)18-11-7-4-8-12-18/h3-15,21H,1-2H3. The van der Waals surface area contributed by atoms with Crippen molar-refractivity contribution in [3.8, 4) is 11.5 Å². The lowest BCUT2D eigenvalue weighted by molar-refractivity contribution is 0.391. The summed E-state index contributed by atoms with van der Waals surface area (Å²) in [6, 6.07) is 22.8. The van der Waals surface area contributed by atoms with Gasteiger partial charge in [-0.2, -0.15) is 0 Å². The van der Waals surface area contributed by atoms with Crippen LogP contribution in [0.4, 0.5) is 0 Å². The molecule has 0 amide bonds. The van der Waals surface area contributed by atoms with Crippen LogP contribution in [0.25, 0.3) is 0 Å². The van der Waals surface area contributed by atoms with Crippen molar-refractivity contribution < 1.29 is 17.9 Å². The molecule has 0 bridgehead atoms. The van der Waals surface area contributed by atoms with Crippen LogP contribution in [0.2, 0.25) is 0 Å². The Bertz CT molecular complexity index is 967. The van der Waals surface area contributed by atoms with Gasteiger partial charge in [0.05, 0.1) is 19.1 Å². The smallest absolute Gasteiger partial charge is 0.189 e. The van der Waals surface area contributed by atoms with Gasteiger partial charge in [-0.1, -0.05) is 48.5 Å². The number of hydrogen-bond acceptors (Lipinski definition) is 4. The maximum absolute atomic E-state index is 13.5. The molecule has 0 aliphatic rings. The summed E-state index contributed by atoms with van der Waals surface area (Å²) < 4.78 is 37.7. The second-order valence-electron chi connectivity index (χ2n) is 5.76. The Morgan fingerprint density at radius 3 is 1.96 bits per heavy atom. The van der Waals surface area contributed by atoms with Gasteiger partial charge in [-0.3, -0.25) is 0 Å². The van der Waals surface area contributed by atoms with E-state index in [1.165, 1.54) is 7.11 Å². The third-order valence-electron chi connectivity index (χ3n) is 4.21. The van der Waals surface area contributed by atoms with Crippen LogP contribution in [0.3, 0.4) is 0 Å². The van der Waals surface area contributed by atoms with Crippen molar-refractivity contribution in [3.63, 3.8) is 0 Å². The number of benzene rings is 3. The zero-order chi connectivity index (χ0) is 18.6. The molecule has 3 aromatic carbocycles. The van der Waals surface area contributed by atoms with Crippen molar-refractivity contribution in [2.24, 2.45) is 0 Å². The minimum Gasteiger partial charge on any atom is -0.497 e. The first kappa shape index (κ1) is 18.0. The van der Waals surface area contributed by atoms with E-state index in [1.54, 1.807) is 55.6 Å². The molecule has 0 radical (unpaired) electrons. The molecular formula is C21H20O4S. The molecule has 0 saturated heterocycles. The maximum atomic E-state index is 13.5. The van der Waals surface area contributed by atoms with E-state index in [9.17, 15) is 8.42 Å². The van der Waals surface area contributed by atoms with Crippen molar-refractivity contribution in [1.29, 1.82) is 0 Å². The van der Waals surface area contributed by atoms with Crippen LogP contribution in [0.15, 0.2) is 83.8 Å². The maximum Gasteiger partial charge on any atom is 0.189 e. The summed E-state index contributed by atoms with van der Waals surface area (Å²) in [4.78, 5) is 0.270. The Morgan fingerprint density at radius 1 is 0.769 bits per heavy atom. The third kappa shape index (κ3) is 3.44. The van der Waals surface area contributed by atoms with Gasteiger partial charge in [0.15, 0.2) is 9.84 Å². The molecule has 4 nitrogen and oxygen atoms in total. The topological polar surface area (TPSA) is 52.6 Å². The monoisotopic (exact) mass is 368 g/mol. The average Bonchev–Trinajstić information content (AvgIpc) is 2.69. The minimum atomic E-state index is -3.68. The van der Waals surface area contributed by atoms with Gasteiger partial charge < -0.3 is 9.47 Å². The largest absolute Gasteiger partial charge is 0.497 e. The molecule has 1 unspecified atom stereocenters. The van der Waals surface area contributed by atoms with Crippen molar-refractivity contribution in [1.82, 2.24) is 0 Å². The molecule has 0 saturated carbocycles. The summed E-state index contributed by atoms with van der Waals surface area (Å²) in [5, 5.41) is -0.882. The molecule has 0 heterocycles. The van der Waals surface area contributed by atoms with Gasteiger partial charge in [0, 0.05) is 11.6 Å². The Hall–Kier alpha value is -2.79. The molecule has 5 heteroatoms. The second kappa shape index (κ2) is 7.62. The highest BCUT2D eigenvalue weighted by Gasteiger charge is 2.33. The van der Waals surface area contributed by atoms with Gasteiger partial charge in [0.1, 0.15) is 16.7 Å². The van der Waals surface area contributed by atoms with Gasteiger partial charge in [-0.25, -0.2) is 8.42 Å². The summed E-state index contributed by atoms with van der Waals surface area (Å²) in [5.74, 6) is 1.08. The van der Waals surface area contributed by atoms with Gasteiger partial charge in [-0.15, -0.1) is 0 Å². The summed E-state index contributed by atoms with van der Waals surface area (Å²) >= 11 is 0. The van der Waals surface area contributed by atoms with Crippen LogP contribution in [0.5, 0.6) is 11.5 Å². The third-order valence-corrected chi connectivity index (χ3v) is 6.28. The van der Waals surface area contributed by atoms with Crippen molar-refractivity contribution in [2.45, 2.75) is 10.1 Å². The highest BCUT2D eigenvalue weighted by atomic mass is 32.2. The fourth-order valence-corrected chi connectivity index (χ4v) is 4.79. The van der Waals surface area contributed by atoms with Crippen LogP contribution in [-0.2, 0) is 9.84 Å².